The van der Waals surface area contributed by atoms with E-state index >= 15 is 0 Å². The van der Waals surface area contributed by atoms with Crippen molar-refractivity contribution in [2.24, 2.45) is 0 Å². The summed E-state index contributed by atoms with van der Waals surface area (Å²) in [5.74, 6) is 0. The number of nitrogens with one attached hydrogen (secondary N) is 1. The predicted octanol–water partition coefficient (Wildman–Crippen LogP) is 3.22. The maximum atomic E-state index is 12.6. The molecule has 2 amide bonds. The van der Waals surface area contributed by atoms with Crippen molar-refractivity contribution in [3.63, 3.8) is 0 Å². The summed E-state index contributed by atoms with van der Waals surface area (Å²) in [7, 11) is 0. The van der Waals surface area contributed by atoms with Crippen LogP contribution in [0.4, 0.5) is 9.93 Å². The van der Waals surface area contributed by atoms with E-state index in [9.17, 15) is 9.90 Å². The summed E-state index contributed by atoms with van der Waals surface area (Å²) >= 11 is 1.44. The monoisotopic (exact) mass is 331 g/mol. The Kier molecular flexibility index (Phi) is 4.93. The first kappa shape index (κ1) is 16.0. The molecule has 0 spiro atoms. The van der Waals surface area contributed by atoms with Crippen molar-refractivity contribution in [2.45, 2.75) is 32.2 Å². The average molecular weight is 331 g/mol. The van der Waals surface area contributed by atoms with Gasteiger partial charge in [0.15, 0.2) is 5.13 Å². The standard InChI is InChI=1S/C17H21N3O2S/c1-2-5-13-11-23-16(18-13)19-17(22)20-9-8-12-6-3-4-7-14(12)15(20)10-21/h3-4,6-7,11,15,21H,2,5,8-10H2,1H3,(H,18,19,22). The minimum atomic E-state index is -0.296. The summed E-state index contributed by atoms with van der Waals surface area (Å²) in [5.41, 5.74) is 3.24. The third-order valence-electron chi connectivity index (χ3n) is 4.12. The number of rotatable bonds is 4. The number of benzene rings is 1. The van der Waals surface area contributed by atoms with Gasteiger partial charge in [-0.15, -0.1) is 11.3 Å². The number of hydrogen-bond donors (Lipinski definition) is 2. The molecule has 0 fully saturated rings. The lowest BCUT2D eigenvalue weighted by Crippen LogP contribution is -2.43. The smallest absolute Gasteiger partial charge is 0.324 e. The second kappa shape index (κ2) is 7.10. The Morgan fingerprint density at radius 3 is 3.09 bits per heavy atom. The summed E-state index contributed by atoms with van der Waals surface area (Å²) in [4.78, 5) is 18.7. The van der Waals surface area contributed by atoms with Gasteiger partial charge in [0, 0.05) is 11.9 Å². The van der Waals surface area contributed by atoms with E-state index < -0.39 is 0 Å². The van der Waals surface area contributed by atoms with Crippen LogP contribution in [0.15, 0.2) is 29.6 Å². The Bertz CT molecular complexity index is 686. The molecule has 0 bridgehead atoms. The van der Waals surface area contributed by atoms with Gasteiger partial charge in [0.2, 0.25) is 0 Å². The molecule has 23 heavy (non-hydrogen) atoms. The molecule has 6 heteroatoms. The molecule has 1 aliphatic rings. The number of aliphatic hydroxyl groups excluding tert-OH is 1. The predicted molar refractivity (Wildman–Crippen MR) is 91.8 cm³/mol. The van der Waals surface area contributed by atoms with Gasteiger partial charge >= 0.3 is 6.03 Å². The normalized spacial score (nSPS) is 17.0. The summed E-state index contributed by atoms with van der Waals surface area (Å²) in [5, 5.41) is 15.2. The number of aryl methyl sites for hydroxylation is 1. The van der Waals surface area contributed by atoms with Crippen LogP contribution in [0.2, 0.25) is 0 Å². The van der Waals surface area contributed by atoms with Gasteiger partial charge in [0.1, 0.15) is 0 Å². The lowest BCUT2D eigenvalue weighted by molar-refractivity contribution is 0.135. The Hall–Kier alpha value is -1.92. The highest BCUT2D eigenvalue weighted by Gasteiger charge is 2.30. The number of amides is 2. The van der Waals surface area contributed by atoms with E-state index in [1.165, 1.54) is 16.9 Å². The van der Waals surface area contributed by atoms with Crippen LogP contribution in [0, 0.1) is 0 Å². The quantitative estimate of drug-likeness (QED) is 0.904. The van der Waals surface area contributed by atoms with E-state index in [2.05, 4.69) is 23.3 Å². The SMILES string of the molecule is CCCc1csc(NC(=O)N2CCc3ccccc3C2CO)n1. The molecule has 1 unspecified atom stereocenters. The van der Waals surface area contributed by atoms with E-state index in [1.807, 2.05) is 23.6 Å². The Morgan fingerprint density at radius 2 is 2.30 bits per heavy atom. The second-order valence-corrected chi connectivity index (χ2v) is 6.52. The van der Waals surface area contributed by atoms with Gasteiger partial charge < -0.3 is 10.0 Å². The number of fused-ring (bicyclic) bond motifs is 1. The molecule has 1 aromatic carbocycles. The maximum Gasteiger partial charge on any atom is 0.324 e. The zero-order chi connectivity index (χ0) is 16.2. The number of thiazole rings is 1. The van der Waals surface area contributed by atoms with Gasteiger partial charge in [0.05, 0.1) is 18.3 Å². The highest BCUT2D eigenvalue weighted by Crippen LogP contribution is 2.30. The fraction of sp³-hybridized carbons (Fsp3) is 0.412. The van der Waals surface area contributed by atoms with E-state index in [1.54, 1.807) is 4.90 Å². The van der Waals surface area contributed by atoms with Gasteiger partial charge in [-0.3, -0.25) is 5.32 Å². The van der Waals surface area contributed by atoms with Crippen LogP contribution in [0.3, 0.4) is 0 Å². The molecule has 0 radical (unpaired) electrons. The van der Waals surface area contributed by atoms with Crippen molar-refractivity contribution < 1.29 is 9.90 Å². The van der Waals surface area contributed by atoms with Crippen LogP contribution in [0.5, 0.6) is 0 Å². The molecule has 122 valence electrons. The van der Waals surface area contributed by atoms with Gasteiger partial charge in [-0.05, 0) is 24.0 Å². The fourth-order valence-corrected chi connectivity index (χ4v) is 3.72. The number of carbonyl (C=O) groups is 1. The minimum absolute atomic E-state index is 0.0800. The number of urea groups is 1. The molecule has 2 aromatic rings. The molecule has 2 heterocycles. The highest BCUT2D eigenvalue weighted by atomic mass is 32.1. The summed E-state index contributed by atoms with van der Waals surface area (Å²) in [6.45, 7) is 2.62. The first-order valence-corrected chi connectivity index (χ1v) is 8.81. The van der Waals surface area contributed by atoms with Crippen LogP contribution in [-0.2, 0) is 12.8 Å². The molecular formula is C17H21N3O2S. The molecular weight excluding hydrogens is 310 g/mol. The van der Waals surface area contributed by atoms with Crippen molar-refractivity contribution in [1.29, 1.82) is 0 Å². The zero-order valence-corrected chi connectivity index (χ0v) is 14.0. The van der Waals surface area contributed by atoms with E-state index in [0.29, 0.717) is 11.7 Å². The zero-order valence-electron chi connectivity index (χ0n) is 13.2. The minimum Gasteiger partial charge on any atom is -0.394 e. The van der Waals surface area contributed by atoms with Crippen molar-refractivity contribution in [3.05, 3.63) is 46.5 Å². The van der Waals surface area contributed by atoms with Gasteiger partial charge in [-0.2, -0.15) is 0 Å². The molecule has 0 aliphatic carbocycles. The van der Waals surface area contributed by atoms with E-state index in [4.69, 9.17) is 0 Å². The van der Waals surface area contributed by atoms with Gasteiger partial charge in [-0.25, -0.2) is 9.78 Å². The molecule has 0 saturated heterocycles. The van der Waals surface area contributed by atoms with E-state index in [0.717, 1.165) is 30.5 Å². The van der Waals surface area contributed by atoms with Crippen LogP contribution in [-0.4, -0.2) is 34.2 Å². The number of anilines is 1. The third kappa shape index (κ3) is 3.38. The summed E-state index contributed by atoms with van der Waals surface area (Å²) in [6, 6.07) is 7.49. The van der Waals surface area contributed by atoms with Gasteiger partial charge in [-0.1, -0.05) is 37.6 Å². The first-order valence-electron chi connectivity index (χ1n) is 7.93. The summed E-state index contributed by atoms with van der Waals surface area (Å²) in [6.07, 6.45) is 2.76. The fourth-order valence-electron chi connectivity index (χ4n) is 2.99. The molecule has 2 N–H and O–H groups in total. The number of aliphatic hydroxyl groups is 1. The van der Waals surface area contributed by atoms with Crippen LogP contribution < -0.4 is 5.32 Å². The van der Waals surface area contributed by atoms with Crippen LogP contribution >= 0.6 is 11.3 Å². The van der Waals surface area contributed by atoms with E-state index in [-0.39, 0.29) is 18.7 Å². The topological polar surface area (TPSA) is 65.5 Å². The first-order chi connectivity index (χ1) is 11.2. The highest BCUT2D eigenvalue weighted by molar-refractivity contribution is 7.13. The number of carbonyl (C=O) groups excluding carboxylic acids is 1. The Balaban J connectivity index is 1.74. The Morgan fingerprint density at radius 1 is 1.48 bits per heavy atom. The lowest BCUT2D eigenvalue weighted by atomic mass is 9.93. The van der Waals surface area contributed by atoms with Crippen LogP contribution in [0.1, 0.15) is 36.2 Å². The lowest BCUT2D eigenvalue weighted by Gasteiger charge is -2.36. The van der Waals surface area contributed by atoms with Crippen molar-refractivity contribution >= 4 is 22.5 Å². The average Bonchev–Trinajstić information content (AvgIpc) is 3.01. The van der Waals surface area contributed by atoms with Crippen LogP contribution in [0.25, 0.3) is 0 Å². The number of hydrogen-bond acceptors (Lipinski definition) is 4. The number of aromatic nitrogens is 1. The van der Waals surface area contributed by atoms with Gasteiger partial charge in [0.25, 0.3) is 0 Å². The molecule has 1 aliphatic heterocycles. The number of nitrogens with zero attached hydrogens (tertiary/aromatic N) is 2. The Labute approximate surface area is 140 Å². The maximum absolute atomic E-state index is 12.6. The molecule has 3 rings (SSSR count). The van der Waals surface area contributed by atoms with Crippen molar-refractivity contribution in [1.82, 2.24) is 9.88 Å². The third-order valence-corrected chi connectivity index (χ3v) is 4.92. The molecule has 1 aromatic heterocycles. The van der Waals surface area contributed by atoms with Crippen molar-refractivity contribution in [3.8, 4) is 0 Å². The van der Waals surface area contributed by atoms with Crippen molar-refractivity contribution in [2.75, 3.05) is 18.5 Å². The molecule has 0 saturated carbocycles. The summed E-state index contributed by atoms with van der Waals surface area (Å²) < 4.78 is 0. The second-order valence-electron chi connectivity index (χ2n) is 5.66. The molecule has 5 nitrogen and oxygen atoms in total. The largest absolute Gasteiger partial charge is 0.394 e. The molecule has 1 atom stereocenters.